The lowest BCUT2D eigenvalue weighted by Crippen LogP contribution is -2.28. The van der Waals surface area contributed by atoms with Crippen molar-refractivity contribution >= 4 is 40.3 Å². The van der Waals surface area contributed by atoms with Crippen molar-refractivity contribution in [2.45, 2.75) is 18.1 Å². The van der Waals surface area contributed by atoms with Gasteiger partial charge in [-0.1, -0.05) is 53.7 Å². The monoisotopic (exact) mass is 345 g/mol. The van der Waals surface area contributed by atoms with Gasteiger partial charge in [-0.25, -0.2) is 4.98 Å². The average molecular weight is 346 g/mol. The molecule has 1 heterocycles. The molecular weight excluding hydrogens is 330 g/mol. The zero-order valence-corrected chi connectivity index (χ0v) is 14.1. The summed E-state index contributed by atoms with van der Waals surface area (Å²) in [7, 11) is 0. The molecule has 6 heteroatoms. The zero-order valence-electron chi connectivity index (χ0n) is 12.5. The summed E-state index contributed by atoms with van der Waals surface area (Å²) in [6.45, 7) is 1.97. The molecule has 0 bridgehead atoms. The maximum atomic E-state index is 12.1. The number of hydrogen-bond donors (Lipinski definition) is 2. The Balaban J connectivity index is 1.57. The van der Waals surface area contributed by atoms with Crippen LogP contribution in [0.1, 0.15) is 18.5 Å². The highest BCUT2D eigenvalue weighted by molar-refractivity contribution is 7.99. The summed E-state index contributed by atoms with van der Waals surface area (Å²) in [5.41, 5.74) is 2.80. The van der Waals surface area contributed by atoms with Gasteiger partial charge in [-0.15, -0.1) is 0 Å². The van der Waals surface area contributed by atoms with Gasteiger partial charge in [0.1, 0.15) is 0 Å². The molecule has 0 saturated carbocycles. The number of H-pyrrole nitrogens is 1. The van der Waals surface area contributed by atoms with Crippen molar-refractivity contribution in [2.75, 3.05) is 5.75 Å². The topological polar surface area (TPSA) is 57.8 Å². The highest BCUT2D eigenvalue weighted by Gasteiger charge is 2.11. The maximum absolute atomic E-state index is 12.1. The first-order chi connectivity index (χ1) is 11.1. The second kappa shape index (κ2) is 7.06. The smallest absolute Gasteiger partial charge is 0.230 e. The van der Waals surface area contributed by atoms with Gasteiger partial charge in [0, 0.05) is 5.02 Å². The third-order valence-electron chi connectivity index (χ3n) is 3.44. The number of amides is 1. The average Bonchev–Trinajstić information content (AvgIpc) is 2.95. The van der Waals surface area contributed by atoms with Crippen molar-refractivity contribution in [3.05, 3.63) is 59.1 Å². The Bertz CT molecular complexity index is 819. The lowest BCUT2D eigenvalue weighted by molar-refractivity contribution is -0.119. The summed E-state index contributed by atoms with van der Waals surface area (Å²) in [6.07, 6.45) is 0. The van der Waals surface area contributed by atoms with E-state index in [1.54, 1.807) is 6.07 Å². The second-order valence-electron chi connectivity index (χ2n) is 5.19. The number of hydrogen-bond acceptors (Lipinski definition) is 3. The SMILES string of the molecule is C[C@@H](NC(=O)CSc1nc2ccc(Cl)cc2[nH]1)c1ccccc1. The molecule has 0 fully saturated rings. The Morgan fingerprint density at radius 3 is 2.87 bits per heavy atom. The van der Waals surface area contributed by atoms with E-state index in [0.29, 0.717) is 15.9 Å². The van der Waals surface area contributed by atoms with Crippen molar-refractivity contribution in [3.63, 3.8) is 0 Å². The molecule has 1 atom stereocenters. The number of benzene rings is 2. The second-order valence-corrected chi connectivity index (χ2v) is 6.59. The van der Waals surface area contributed by atoms with Crippen LogP contribution in [0.15, 0.2) is 53.7 Å². The van der Waals surface area contributed by atoms with Crippen molar-refractivity contribution in [2.24, 2.45) is 0 Å². The van der Waals surface area contributed by atoms with Crippen LogP contribution in [0.5, 0.6) is 0 Å². The Kier molecular flexibility index (Phi) is 4.88. The van der Waals surface area contributed by atoms with Crippen LogP contribution in [-0.2, 0) is 4.79 Å². The van der Waals surface area contributed by atoms with Crippen molar-refractivity contribution in [1.82, 2.24) is 15.3 Å². The number of aromatic nitrogens is 2. The zero-order chi connectivity index (χ0) is 16.2. The van der Waals surface area contributed by atoms with Gasteiger partial charge in [-0.05, 0) is 30.7 Å². The summed E-state index contributed by atoms with van der Waals surface area (Å²) in [5.74, 6) is 0.287. The molecule has 3 rings (SSSR count). The molecule has 0 radical (unpaired) electrons. The van der Waals surface area contributed by atoms with E-state index in [-0.39, 0.29) is 11.9 Å². The van der Waals surface area contributed by atoms with Crippen LogP contribution in [0.4, 0.5) is 0 Å². The van der Waals surface area contributed by atoms with Gasteiger partial charge in [0.05, 0.1) is 22.8 Å². The molecule has 0 aliphatic carbocycles. The number of rotatable bonds is 5. The van der Waals surface area contributed by atoms with Crippen molar-refractivity contribution in [1.29, 1.82) is 0 Å². The number of nitrogens with zero attached hydrogens (tertiary/aromatic N) is 1. The number of carbonyl (C=O) groups excluding carboxylic acids is 1. The first kappa shape index (κ1) is 15.9. The predicted octanol–water partition coefficient (Wildman–Crippen LogP) is 4.19. The molecule has 0 saturated heterocycles. The van der Waals surface area contributed by atoms with E-state index >= 15 is 0 Å². The summed E-state index contributed by atoms with van der Waals surface area (Å²) < 4.78 is 0. The normalized spacial score (nSPS) is 12.3. The summed E-state index contributed by atoms with van der Waals surface area (Å²) >= 11 is 7.33. The van der Waals surface area contributed by atoms with Crippen LogP contribution in [0, 0.1) is 0 Å². The molecule has 0 unspecified atom stereocenters. The number of halogens is 1. The third kappa shape index (κ3) is 4.06. The van der Waals surface area contributed by atoms with Gasteiger partial charge >= 0.3 is 0 Å². The largest absolute Gasteiger partial charge is 0.349 e. The molecular formula is C17H16ClN3OS. The molecule has 118 valence electrons. The molecule has 3 aromatic rings. The van der Waals surface area contributed by atoms with Crippen LogP contribution >= 0.6 is 23.4 Å². The van der Waals surface area contributed by atoms with Crippen LogP contribution in [-0.4, -0.2) is 21.6 Å². The van der Waals surface area contributed by atoms with E-state index in [2.05, 4.69) is 15.3 Å². The minimum Gasteiger partial charge on any atom is -0.349 e. The quantitative estimate of drug-likeness (QED) is 0.682. The van der Waals surface area contributed by atoms with E-state index in [1.165, 1.54) is 11.8 Å². The lowest BCUT2D eigenvalue weighted by Gasteiger charge is -2.13. The molecule has 1 aromatic heterocycles. The fourth-order valence-corrected chi connectivity index (χ4v) is 3.14. The lowest BCUT2D eigenvalue weighted by atomic mass is 10.1. The molecule has 23 heavy (non-hydrogen) atoms. The molecule has 4 nitrogen and oxygen atoms in total. The summed E-state index contributed by atoms with van der Waals surface area (Å²) in [4.78, 5) is 19.7. The molecule has 2 aromatic carbocycles. The first-order valence-electron chi connectivity index (χ1n) is 7.24. The van der Waals surface area contributed by atoms with Gasteiger partial charge in [0.25, 0.3) is 0 Å². The highest BCUT2D eigenvalue weighted by Crippen LogP contribution is 2.22. The number of nitrogens with one attached hydrogen (secondary N) is 2. The number of thioether (sulfide) groups is 1. The fraction of sp³-hybridized carbons (Fsp3) is 0.176. The van der Waals surface area contributed by atoms with Crippen LogP contribution in [0.2, 0.25) is 5.02 Å². The third-order valence-corrected chi connectivity index (χ3v) is 4.55. The number of fused-ring (bicyclic) bond motifs is 1. The molecule has 0 aliphatic heterocycles. The maximum Gasteiger partial charge on any atom is 0.230 e. The van der Waals surface area contributed by atoms with E-state index in [1.807, 2.05) is 49.4 Å². The van der Waals surface area contributed by atoms with E-state index in [0.717, 1.165) is 16.6 Å². The minimum atomic E-state index is -0.0233. The Hall–Kier alpha value is -1.98. The number of imidazole rings is 1. The highest BCUT2D eigenvalue weighted by atomic mass is 35.5. The van der Waals surface area contributed by atoms with Gasteiger partial charge < -0.3 is 10.3 Å². The van der Waals surface area contributed by atoms with Crippen LogP contribution < -0.4 is 5.32 Å². The van der Waals surface area contributed by atoms with Gasteiger partial charge in [0.2, 0.25) is 5.91 Å². The Morgan fingerprint density at radius 2 is 2.09 bits per heavy atom. The van der Waals surface area contributed by atoms with Crippen molar-refractivity contribution in [3.8, 4) is 0 Å². The number of aromatic amines is 1. The van der Waals surface area contributed by atoms with Crippen molar-refractivity contribution < 1.29 is 4.79 Å². The molecule has 1 amide bonds. The Morgan fingerprint density at radius 1 is 1.30 bits per heavy atom. The standard InChI is InChI=1S/C17H16ClN3OS/c1-11(12-5-3-2-4-6-12)19-16(22)10-23-17-20-14-8-7-13(18)9-15(14)21-17/h2-9,11H,10H2,1H3,(H,19,22)(H,20,21)/t11-/m1/s1. The van der Waals surface area contributed by atoms with E-state index in [4.69, 9.17) is 11.6 Å². The first-order valence-corrected chi connectivity index (χ1v) is 8.60. The predicted molar refractivity (Wildman–Crippen MR) is 94.8 cm³/mol. The van der Waals surface area contributed by atoms with Gasteiger partial charge in [-0.3, -0.25) is 4.79 Å². The van der Waals surface area contributed by atoms with Gasteiger partial charge in [-0.2, -0.15) is 0 Å². The molecule has 0 aliphatic rings. The van der Waals surface area contributed by atoms with Gasteiger partial charge in [0.15, 0.2) is 5.16 Å². The minimum absolute atomic E-state index is 0.0150. The summed E-state index contributed by atoms with van der Waals surface area (Å²) in [6, 6.07) is 15.4. The summed E-state index contributed by atoms with van der Waals surface area (Å²) in [5, 5.41) is 4.36. The molecule has 2 N–H and O–H groups in total. The fourth-order valence-electron chi connectivity index (χ4n) is 2.27. The van der Waals surface area contributed by atoms with E-state index in [9.17, 15) is 4.79 Å². The van der Waals surface area contributed by atoms with E-state index < -0.39 is 0 Å². The van der Waals surface area contributed by atoms with Crippen LogP contribution in [0.25, 0.3) is 11.0 Å². The van der Waals surface area contributed by atoms with Crippen LogP contribution in [0.3, 0.4) is 0 Å². The Labute approximate surface area is 143 Å². The molecule has 0 spiro atoms. The number of carbonyl (C=O) groups is 1.